The number of aliphatic hydroxyl groups is 1. The second kappa shape index (κ2) is 7.30. The molecule has 3 heteroatoms. The maximum Gasteiger partial charge on any atom is 0.0834 e. The SMILES string of the molecule is C[C@@]1(O)CC[C@H]2[C@H](CC[C@H]3[C@@H]4CC[C@H](C(=S)Nc5ccccc5)[C@@]4(C)CC[C@]23C)C1. The maximum atomic E-state index is 10.7. The molecule has 8 atom stereocenters. The summed E-state index contributed by atoms with van der Waals surface area (Å²) in [7, 11) is 0. The van der Waals surface area contributed by atoms with Crippen molar-refractivity contribution < 1.29 is 5.11 Å². The summed E-state index contributed by atoms with van der Waals surface area (Å²) in [6, 6.07) is 10.5. The van der Waals surface area contributed by atoms with Crippen LogP contribution in [-0.2, 0) is 0 Å². The standard InChI is InChI=1S/C27H39NOS/c1-25(29)14-13-20-18(17-25)9-10-21-22-11-12-23(27(22,3)16-15-26(20,21)2)24(30)28-19-7-5-4-6-8-19/h4-8,18,20-23,29H,9-17H2,1-3H3,(H,28,30)/t18-,20+,21+,22+,23-,25-,26-,27+/m1/s1. The van der Waals surface area contributed by atoms with Gasteiger partial charge in [-0.1, -0.05) is 44.3 Å². The fourth-order valence-electron chi connectivity index (χ4n) is 8.72. The van der Waals surface area contributed by atoms with E-state index in [1.165, 1.54) is 44.9 Å². The first kappa shape index (κ1) is 20.9. The minimum Gasteiger partial charge on any atom is -0.390 e. The zero-order chi connectivity index (χ0) is 21.1. The zero-order valence-corrected chi connectivity index (χ0v) is 19.8. The van der Waals surface area contributed by atoms with E-state index in [9.17, 15) is 5.11 Å². The van der Waals surface area contributed by atoms with Gasteiger partial charge in [0, 0.05) is 11.6 Å². The van der Waals surface area contributed by atoms with Crippen molar-refractivity contribution >= 4 is 22.9 Å². The molecule has 0 spiro atoms. The van der Waals surface area contributed by atoms with Gasteiger partial charge >= 0.3 is 0 Å². The predicted molar refractivity (Wildman–Crippen MR) is 129 cm³/mol. The summed E-state index contributed by atoms with van der Waals surface area (Å²) < 4.78 is 0. The van der Waals surface area contributed by atoms with Crippen LogP contribution in [0.4, 0.5) is 5.69 Å². The van der Waals surface area contributed by atoms with Crippen LogP contribution in [0.25, 0.3) is 0 Å². The number of hydrogen-bond donors (Lipinski definition) is 2. The highest BCUT2D eigenvalue weighted by Crippen LogP contribution is 2.69. The Labute approximate surface area is 188 Å². The minimum absolute atomic E-state index is 0.343. The fourth-order valence-corrected chi connectivity index (χ4v) is 9.22. The fraction of sp³-hybridized carbons (Fsp3) is 0.741. The third kappa shape index (κ3) is 3.26. The molecular weight excluding hydrogens is 386 g/mol. The van der Waals surface area contributed by atoms with Gasteiger partial charge in [0.1, 0.15) is 0 Å². The molecule has 2 N–H and O–H groups in total. The molecular formula is C27H39NOS. The molecule has 0 amide bonds. The number of benzene rings is 1. The number of nitrogens with one attached hydrogen (secondary N) is 1. The molecule has 4 saturated carbocycles. The zero-order valence-electron chi connectivity index (χ0n) is 19.0. The van der Waals surface area contributed by atoms with Crippen molar-refractivity contribution in [2.24, 2.45) is 40.4 Å². The number of para-hydroxylation sites is 1. The molecule has 5 rings (SSSR count). The molecule has 1 aromatic rings. The van der Waals surface area contributed by atoms with E-state index in [2.05, 4.69) is 56.4 Å². The van der Waals surface area contributed by atoms with Gasteiger partial charge in [0.2, 0.25) is 0 Å². The highest BCUT2D eigenvalue weighted by atomic mass is 32.1. The third-order valence-corrected chi connectivity index (χ3v) is 10.6. The number of rotatable bonds is 2. The van der Waals surface area contributed by atoms with Gasteiger partial charge in [-0.3, -0.25) is 0 Å². The van der Waals surface area contributed by atoms with E-state index in [-0.39, 0.29) is 0 Å². The Morgan fingerprint density at radius 2 is 1.53 bits per heavy atom. The topological polar surface area (TPSA) is 32.3 Å². The van der Waals surface area contributed by atoms with Crippen molar-refractivity contribution in [2.45, 2.75) is 84.2 Å². The molecule has 0 heterocycles. The minimum atomic E-state index is -0.429. The van der Waals surface area contributed by atoms with E-state index in [0.29, 0.717) is 16.7 Å². The average molecular weight is 426 g/mol. The van der Waals surface area contributed by atoms with Gasteiger partial charge < -0.3 is 10.4 Å². The Morgan fingerprint density at radius 3 is 2.30 bits per heavy atom. The van der Waals surface area contributed by atoms with Crippen LogP contribution in [0.1, 0.15) is 78.6 Å². The Bertz CT molecular complexity index is 806. The van der Waals surface area contributed by atoms with E-state index in [1.807, 2.05) is 0 Å². The summed E-state index contributed by atoms with van der Waals surface area (Å²) in [6.45, 7) is 7.26. The molecule has 0 saturated heterocycles. The molecule has 4 fully saturated rings. The van der Waals surface area contributed by atoms with Crippen molar-refractivity contribution in [3.63, 3.8) is 0 Å². The maximum absolute atomic E-state index is 10.7. The molecule has 0 radical (unpaired) electrons. The Hall–Kier alpha value is -0.930. The van der Waals surface area contributed by atoms with Gasteiger partial charge in [-0.25, -0.2) is 0 Å². The molecule has 1 aromatic carbocycles. The van der Waals surface area contributed by atoms with Crippen LogP contribution >= 0.6 is 12.2 Å². The first-order chi connectivity index (χ1) is 14.2. The van der Waals surface area contributed by atoms with Gasteiger partial charge in [0.25, 0.3) is 0 Å². The summed E-state index contributed by atoms with van der Waals surface area (Å²) in [5, 5.41) is 14.3. The van der Waals surface area contributed by atoms with Gasteiger partial charge in [0.05, 0.1) is 10.6 Å². The lowest BCUT2D eigenvalue weighted by Crippen LogP contribution is -2.56. The molecule has 0 unspecified atom stereocenters. The smallest absolute Gasteiger partial charge is 0.0834 e. The molecule has 30 heavy (non-hydrogen) atoms. The second-order valence-electron chi connectivity index (χ2n) is 11.9. The van der Waals surface area contributed by atoms with Crippen molar-refractivity contribution in [1.82, 2.24) is 0 Å². The Kier molecular flexibility index (Phi) is 5.10. The molecule has 0 aliphatic heterocycles. The summed E-state index contributed by atoms with van der Waals surface area (Å²) in [5.74, 6) is 3.70. The number of anilines is 1. The molecule has 4 aliphatic rings. The van der Waals surface area contributed by atoms with Crippen LogP contribution < -0.4 is 5.32 Å². The predicted octanol–water partition coefficient (Wildman–Crippen LogP) is 6.84. The highest BCUT2D eigenvalue weighted by molar-refractivity contribution is 7.80. The second-order valence-corrected chi connectivity index (χ2v) is 12.3. The van der Waals surface area contributed by atoms with Crippen molar-refractivity contribution in [2.75, 3.05) is 5.32 Å². The largest absolute Gasteiger partial charge is 0.390 e. The van der Waals surface area contributed by atoms with Crippen molar-refractivity contribution in [3.8, 4) is 0 Å². The summed E-state index contributed by atoms with van der Waals surface area (Å²) in [5.41, 5.74) is 1.51. The monoisotopic (exact) mass is 425 g/mol. The summed E-state index contributed by atoms with van der Waals surface area (Å²) in [4.78, 5) is 1.07. The third-order valence-electron chi connectivity index (χ3n) is 10.3. The van der Waals surface area contributed by atoms with Gasteiger partial charge in [-0.15, -0.1) is 0 Å². The van der Waals surface area contributed by atoms with Gasteiger partial charge in [0.15, 0.2) is 0 Å². The van der Waals surface area contributed by atoms with Crippen molar-refractivity contribution in [1.29, 1.82) is 0 Å². The number of hydrogen-bond acceptors (Lipinski definition) is 2. The Balaban J connectivity index is 1.36. The van der Waals surface area contributed by atoms with E-state index in [0.717, 1.165) is 47.2 Å². The molecule has 2 nitrogen and oxygen atoms in total. The lowest BCUT2D eigenvalue weighted by Gasteiger charge is -2.62. The van der Waals surface area contributed by atoms with Crippen molar-refractivity contribution in [3.05, 3.63) is 30.3 Å². The van der Waals surface area contributed by atoms with E-state index >= 15 is 0 Å². The molecule has 0 aromatic heterocycles. The number of thiocarbonyl (C=S) groups is 1. The van der Waals surface area contributed by atoms with Crippen LogP contribution in [0.15, 0.2) is 30.3 Å². The average Bonchev–Trinajstić information content (AvgIpc) is 3.05. The first-order valence-corrected chi connectivity index (χ1v) is 12.7. The van der Waals surface area contributed by atoms with E-state index < -0.39 is 5.60 Å². The molecule has 164 valence electrons. The van der Waals surface area contributed by atoms with Crippen LogP contribution in [0.5, 0.6) is 0 Å². The van der Waals surface area contributed by atoms with Gasteiger partial charge in [-0.2, -0.15) is 0 Å². The van der Waals surface area contributed by atoms with E-state index in [1.54, 1.807) is 0 Å². The van der Waals surface area contributed by atoms with Crippen LogP contribution in [0.3, 0.4) is 0 Å². The quantitative estimate of drug-likeness (QED) is 0.509. The highest BCUT2D eigenvalue weighted by Gasteiger charge is 2.62. The lowest BCUT2D eigenvalue weighted by atomic mass is 9.43. The summed E-state index contributed by atoms with van der Waals surface area (Å²) >= 11 is 5.99. The Morgan fingerprint density at radius 1 is 0.867 bits per heavy atom. The first-order valence-electron chi connectivity index (χ1n) is 12.3. The van der Waals surface area contributed by atoms with Crippen LogP contribution in [0, 0.1) is 40.4 Å². The molecule has 0 bridgehead atoms. The molecule has 4 aliphatic carbocycles. The van der Waals surface area contributed by atoms with Gasteiger partial charge in [-0.05, 0) is 111 Å². The number of fused-ring (bicyclic) bond motifs is 5. The van der Waals surface area contributed by atoms with Crippen LogP contribution in [0.2, 0.25) is 0 Å². The lowest BCUT2D eigenvalue weighted by molar-refractivity contribution is -0.144. The van der Waals surface area contributed by atoms with Crippen LogP contribution in [-0.4, -0.2) is 15.7 Å². The summed E-state index contributed by atoms with van der Waals surface area (Å²) in [6.07, 6.45) is 11.2. The normalized spacial score (nSPS) is 47.7. The van der Waals surface area contributed by atoms with E-state index in [4.69, 9.17) is 12.2 Å².